The van der Waals surface area contributed by atoms with Gasteiger partial charge in [-0.3, -0.25) is 0 Å². The molecule has 1 nitrogen and oxygen atoms in total. The lowest BCUT2D eigenvalue weighted by Gasteiger charge is -2.13. The second kappa shape index (κ2) is 4.42. The third-order valence-electron chi connectivity index (χ3n) is 1.57. The maximum atomic E-state index is 12.5. The van der Waals surface area contributed by atoms with Gasteiger partial charge in [0.1, 0.15) is 5.75 Å². The van der Waals surface area contributed by atoms with Crippen LogP contribution in [0.25, 0.3) is 0 Å². The molecule has 1 aromatic rings. The fourth-order valence-electron chi connectivity index (χ4n) is 0.927. The monoisotopic (exact) mass is 312 g/mol. The molecule has 0 atom stereocenters. The molecule has 1 aromatic carbocycles. The van der Waals surface area contributed by atoms with Crippen molar-refractivity contribution >= 4 is 22.6 Å². The van der Waals surface area contributed by atoms with Crippen LogP contribution in [-0.4, -0.2) is 12.5 Å². The summed E-state index contributed by atoms with van der Waals surface area (Å²) in [6.45, 7) is 2.21. The highest BCUT2D eigenvalue weighted by Crippen LogP contribution is 2.23. The molecule has 14 heavy (non-hydrogen) atoms. The summed E-state index contributed by atoms with van der Waals surface area (Å²) in [5.41, 5.74) is 1.09. The Morgan fingerprint density at radius 2 is 2.07 bits per heavy atom. The molecule has 0 N–H and O–H groups in total. The van der Waals surface area contributed by atoms with Crippen LogP contribution >= 0.6 is 22.6 Å². The van der Waals surface area contributed by atoms with Crippen molar-refractivity contribution in [1.82, 2.24) is 0 Å². The zero-order chi connectivity index (χ0) is 10.8. The molecule has 4 heteroatoms. The molecule has 0 spiro atoms. The first-order valence-corrected chi connectivity index (χ1v) is 5.23. The molecule has 0 unspecified atom stereocenters. The van der Waals surface area contributed by atoms with Crippen molar-refractivity contribution in [2.24, 2.45) is 0 Å². The Morgan fingerprint density at radius 1 is 1.43 bits per heavy atom. The zero-order valence-corrected chi connectivity index (χ0v) is 10.1. The second-order valence-electron chi connectivity index (χ2n) is 3.29. The van der Waals surface area contributed by atoms with Crippen LogP contribution in [0.1, 0.15) is 12.5 Å². The van der Waals surface area contributed by atoms with Crippen LogP contribution in [-0.2, 0) is 0 Å². The summed E-state index contributed by atoms with van der Waals surface area (Å²) in [5, 5.41) is 0. The minimum atomic E-state index is -2.78. The molecule has 0 aliphatic carbocycles. The van der Waals surface area contributed by atoms with Gasteiger partial charge < -0.3 is 4.74 Å². The SMILES string of the molecule is Cc1ccc(OCC(C)(F)F)c(I)c1. The van der Waals surface area contributed by atoms with Crippen molar-refractivity contribution < 1.29 is 13.5 Å². The summed E-state index contributed by atoms with van der Waals surface area (Å²) in [4.78, 5) is 0. The summed E-state index contributed by atoms with van der Waals surface area (Å²) >= 11 is 2.07. The van der Waals surface area contributed by atoms with Crippen LogP contribution in [0.5, 0.6) is 5.75 Å². The van der Waals surface area contributed by atoms with E-state index in [0.29, 0.717) is 5.75 Å². The standard InChI is InChI=1S/C10H11F2IO/c1-7-3-4-9(8(13)5-7)14-6-10(2,11)12/h3-5H,6H2,1-2H3. The number of hydrogen-bond acceptors (Lipinski definition) is 1. The van der Waals surface area contributed by atoms with E-state index in [-0.39, 0.29) is 0 Å². The van der Waals surface area contributed by atoms with E-state index in [4.69, 9.17) is 4.74 Å². The van der Waals surface area contributed by atoms with Crippen molar-refractivity contribution in [3.05, 3.63) is 27.3 Å². The first kappa shape index (κ1) is 11.7. The number of aryl methyl sites for hydroxylation is 1. The third kappa shape index (κ3) is 3.77. The number of ether oxygens (including phenoxy) is 1. The van der Waals surface area contributed by atoms with Crippen LogP contribution < -0.4 is 4.74 Å². The molecule has 0 radical (unpaired) electrons. The van der Waals surface area contributed by atoms with Gasteiger partial charge in [0.2, 0.25) is 0 Å². The van der Waals surface area contributed by atoms with E-state index in [1.54, 1.807) is 6.07 Å². The lowest BCUT2D eigenvalue weighted by atomic mass is 10.2. The molecule has 0 aromatic heterocycles. The Bertz CT molecular complexity index is 320. The van der Waals surface area contributed by atoms with E-state index in [0.717, 1.165) is 16.1 Å². The normalized spacial score (nSPS) is 11.5. The summed E-state index contributed by atoms with van der Waals surface area (Å²) in [7, 11) is 0. The largest absolute Gasteiger partial charge is 0.486 e. The molecule has 0 fully saturated rings. The van der Waals surface area contributed by atoms with E-state index in [9.17, 15) is 8.78 Å². The van der Waals surface area contributed by atoms with Crippen molar-refractivity contribution in [3.8, 4) is 5.75 Å². The molecule has 78 valence electrons. The Morgan fingerprint density at radius 3 is 2.57 bits per heavy atom. The van der Waals surface area contributed by atoms with Crippen molar-refractivity contribution in [3.63, 3.8) is 0 Å². The predicted octanol–water partition coefficient (Wildman–Crippen LogP) is 3.63. The van der Waals surface area contributed by atoms with E-state index in [2.05, 4.69) is 22.6 Å². The number of rotatable bonds is 3. The quantitative estimate of drug-likeness (QED) is 0.775. The van der Waals surface area contributed by atoms with Gasteiger partial charge in [-0.1, -0.05) is 6.07 Å². The van der Waals surface area contributed by atoms with Gasteiger partial charge in [-0.05, 0) is 47.2 Å². The Hall–Kier alpha value is -0.390. The smallest absolute Gasteiger partial charge is 0.278 e. The minimum Gasteiger partial charge on any atom is -0.486 e. The molecule has 0 aliphatic heterocycles. The number of benzene rings is 1. The maximum absolute atomic E-state index is 12.5. The molecule has 0 aliphatic rings. The first-order chi connectivity index (χ1) is 6.38. The van der Waals surface area contributed by atoms with E-state index < -0.39 is 12.5 Å². The van der Waals surface area contributed by atoms with Crippen molar-refractivity contribution in [1.29, 1.82) is 0 Å². The molecular formula is C10H11F2IO. The van der Waals surface area contributed by atoms with Gasteiger partial charge in [-0.25, -0.2) is 8.78 Å². The molecule has 0 saturated carbocycles. The van der Waals surface area contributed by atoms with Crippen LogP contribution in [0, 0.1) is 10.5 Å². The summed E-state index contributed by atoms with van der Waals surface area (Å²) in [5.74, 6) is -2.27. The number of halogens is 3. The number of hydrogen-bond donors (Lipinski definition) is 0. The van der Waals surface area contributed by atoms with E-state index in [1.165, 1.54) is 0 Å². The zero-order valence-electron chi connectivity index (χ0n) is 7.98. The Balaban J connectivity index is 2.68. The third-order valence-corrected chi connectivity index (χ3v) is 2.41. The Kier molecular flexibility index (Phi) is 3.69. The van der Waals surface area contributed by atoms with E-state index in [1.807, 2.05) is 19.1 Å². The van der Waals surface area contributed by atoms with Crippen LogP contribution in [0.4, 0.5) is 8.78 Å². The molecule has 0 amide bonds. The molecule has 1 rings (SSSR count). The lowest BCUT2D eigenvalue weighted by molar-refractivity contribution is -0.0232. The van der Waals surface area contributed by atoms with Gasteiger partial charge in [-0.15, -0.1) is 0 Å². The summed E-state index contributed by atoms with van der Waals surface area (Å²) in [6, 6.07) is 5.44. The van der Waals surface area contributed by atoms with Gasteiger partial charge in [0, 0.05) is 6.92 Å². The summed E-state index contributed by atoms with van der Waals surface area (Å²) in [6.07, 6.45) is 0. The highest BCUT2D eigenvalue weighted by Gasteiger charge is 2.22. The topological polar surface area (TPSA) is 9.23 Å². The highest BCUT2D eigenvalue weighted by molar-refractivity contribution is 14.1. The van der Waals surface area contributed by atoms with Crippen molar-refractivity contribution in [2.75, 3.05) is 6.61 Å². The van der Waals surface area contributed by atoms with E-state index >= 15 is 0 Å². The fraction of sp³-hybridized carbons (Fsp3) is 0.400. The van der Waals surface area contributed by atoms with Crippen molar-refractivity contribution in [2.45, 2.75) is 19.8 Å². The van der Waals surface area contributed by atoms with Gasteiger partial charge in [0.15, 0.2) is 6.61 Å². The molecule has 0 saturated heterocycles. The van der Waals surface area contributed by atoms with Gasteiger partial charge in [0.25, 0.3) is 5.92 Å². The predicted molar refractivity (Wildman–Crippen MR) is 60.0 cm³/mol. The minimum absolute atomic E-state index is 0.512. The first-order valence-electron chi connectivity index (χ1n) is 4.15. The molecule has 0 heterocycles. The van der Waals surface area contributed by atoms with Gasteiger partial charge >= 0.3 is 0 Å². The average Bonchev–Trinajstić information content (AvgIpc) is 2.00. The Labute approximate surface area is 95.6 Å². The highest BCUT2D eigenvalue weighted by atomic mass is 127. The van der Waals surface area contributed by atoms with Crippen LogP contribution in [0.15, 0.2) is 18.2 Å². The van der Waals surface area contributed by atoms with Gasteiger partial charge in [-0.2, -0.15) is 0 Å². The second-order valence-corrected chi connectivity index (χ2v) is 4.45. The molecule has 0 bridgehead atoms. The fourth-order valence-corrected chi connectivity index (χ4v) is 1.75. The van der Waals surface area contributed by atoms with Gasteiger partial charge in [0.05, 0.1) is 3.57 Å². The molecular weight excluding hydrogens is 301 g/mol. The van der Waals surface area contributed by atoms with Crippen LogP contribution in [0.3, 0.4) is 0 Å². The van der Waals surface area contributed by atoms with Crippen LogP contribution in [0.2, 0.25) is 0 Å². The lowest BCUT2D eigenvalue weighted by Crippen LogP contribution is -2.21. The maximum Gasteiger partial charge on any atom is 0.278 e. The summed E-state index contributed by atoms with van der Waals surface area (Å²) < 4.78 is 30.8. The number of alkyl halides is 2. The average molecular weight is 312 g/mol.